The van der Waals surface area contributed by atoms with E-state index >= 15 is 0 Å². The quantitative estimate of drug-likeness (QED) is 0.749. The predicted molar refractivity (Wildman–Crippen MR) is 84.6 cm³/mol. The first kappa shape index (κ1) is 13.9. The second-order valence-electron chi connectivity index (χ2n) is 4.48. The molecule has 0 saturated carbocycles. The van der Waals surface area contributed by atoms with Crippen molar-refractivity contribution in [2.45, 2.75) is 6.61 Å². The average Bonchev–Trinajstić information content (AvgIpc) is 2.89. The summed E-state index contributed by atoms with van der Waals surface area (Å²) < 4.78 is 6.46. The SMILES string of the molecule is O=C(O)c1cccc2cc(COc3ccc(Cl)cc3)sc12. The van der Waals surface area contributed by atoms with Crippen molar-refractivity contribution >= 4 is 39.0 Å². The maximum atomic E-state index is 11.2. The lowest BCUT2D eigenvalue weighted by atomic mass is 10.1. The molecule has 0 amide bonds. The maximum absolute atomic E-state index is 11.2. The van der Waals surface area contributed by atoms with Crippen molar-refractivity contribution in [3.8, 4) is 5.75 Å². The minimum Gasteiger partial charge on any atom is -0.488 e. The van der Waals surface area contributed by atoms with E-state index in [4.69, 9.17) is 16.3 Å². The molecule has 0 bridgehead atoms. The summed E-state index contributed by atoms with van der Waals surface area (Å²) >= 11 is 7.26. The van der Waals surface area contributed by atoms with Crippen molar-refractivity contribution in [1.29, 1.82) is 0 Å². The van der Waals surface area contributed by atoms with Crippen LogP contribution in [0.4, 0.5) is 0 Å². The molecule has 1 aromatic heterocycles. The first-order valence-corrected chi connectivity index (χ1v) is 7.46. The Labute approximate surface area is 130 Å². The van der Waals surface area contributed by atoms with Gasteiger partial charge in [0.25, 0.3) is 0 Å². The Morgan fingerprint density at radius 3 is 2.67 bits per heavy atom. The van der Waals surface area contributed by atoms with Gasteiger partial charge in [-0.05, 0) is 41.8 Å². The van der Waals surface area contributed by atoms with Crippen LogP contribution >= 0.6 is 22.9 Å². The highest BCUT2D eigenvalue weighted by Gasteiger charge is 2.11. The third-order valence-corrected chi connectivity index (χ3v) is 4.43. The lowest BCUT2D eigenvalue weighted by molar-refractivity contribution is 0.0699. The van der Waals surface area contributed by atoms with Crippen LogP contribution in [0.2, 0.25) is 5.02 Å². The van der Waals surface area contributed by atoms with Crippen molar-refractivity contribution in [2.75, 3.05) is 0 Å². The van der Waals surface area contributed by atoms with E-state index in [0.717, 1.165) is 20.7 Å². The Hall–Kier alpha value is -2.04. The molecule has 0 aliphatic carbocycles. The molecule has 0 aliphatic rings. The minimum atomic E-state index is -0.910. The molecular weight excluding hydrogens is 308 g/mol. The number of fused-ring (bicyclic) bond motifs is 1. The zero-order valence-electron chi connectivity index (χ0n) is 10.9. The fraction of sp³-hybridized carbons (Fsp3) is 0.0625. The Morgan fingerprint density at radius 2 is 1.95 bits per heavy atom. The van der Waals surface area contributed by atoms with E-state index < -0.39 is 5.97 Å². The molecule has 0 aliphatic heterocycles. The smallest absolute Gasteiger partial charge is 0.337 e. The van der Waals surface area contributed by atoms with Gasteiger partial charge < -0.3 is 9.84 Å². The standard InChI is InChI=1S/C16H11ClO3S/c17-11-4-6-12(7-5-11)20-9-13-8-10-2-1-3-14(16(18)19)15(10)21-13/h1-8H,9H2,(H,18,19). The van der Waals surface area contributed by atoms with Crippen LogP contribution in [0.1, 0.15) is 15.2 Å². The third kappa shape index (κ3) is 3.01. The maximum Gasteiger partial charge on any atom is 0.337 e. The molecule has 1 heterocycles. The van der Waals surface area contributed by atoms with Crippen molar-refractivity contribution < 1.29 is 14.6 Å². The first-order valence-electron chi connectivity index (χ1n) is 6.26. The minimum absolute atomic E-state index is 0.329. The van der Waals surface area contributed by atoms with E-state index in [1.165, 1.54) is 11.3 Å². The lowest BCUT2D eigenvalue weighted by Gasteiger charge is -2.03. The fourth-order valence-corrected chi connectivity index (χ4v) is 3.24. The Balaban J connectivity index is 1.83. The number of rotatable bonds is 4. The number of halogens is 1. The summed E-state index contributed by atoms with van der Waals surface area (Å²) in [6, 6.07) is 14.4. The van der Waals surface area contributed by atoms with E-state index in [1.54, 1.807) is 36.4 Å². The van der Waals surface area contributed by atoms with Gasteiger partial charge in [-0.1, -0.05) is 23.7 Å². The van der Waals surface area contributed by atoms with Crippen molar-refractivity contribution in [3.05, 3.63) is 64.0 Å². The summed E-state index contributed by atoms with van der Waals surface area (Å²) in [6.45, 7) is 0.403. The van der Waals surface area contributed by atoms with Crippen LogP contribution in [0.3, 0.4) is 0 Å². The number of aromatic carboxylic acids is 1. The van der Waals surface area contributed by atoms with Crippen LogP contribution < -0.4 is 4.74 Å². The molecular formula is C16H11ClO3S. The van der Waals surface area contributed by atoms with Crippen LogP contribution in [0, 0.1) is 0 Å². The summed E-state index contributed by atoms with van der Waals surface area (Å²) in [5, 5.41) is 10.8. The van der Waals surface area contributed by atoms with Crippen molar-refractivity contribution in [2.24, 2.45) is 0 Å². The normalized spacial score (nSPS) is 10.7. The zero-order chi connectivity index (χ0) is 14.8. The van der Waals surface area contributed by atoms with Gasteiger partial charge in [0.05, 0.1) is 5.56 Å². The molecule has 3 rings (SSSR count). The molecule has 0 atom stereocenters. The van der Waals surface area contributed by atoms with Crippen molar-refractivity contribution in [1.82, 2.24) is 0 Å². The first-order chi connectivity index (χ1) is 10.1. The van der Waals surface area contributed by atoms with E-state index in [-0.39, 0.29) is 0 Å². The number of carbonyl (C=O) groups is 1. The highest BCUT2D eigenvalue weighted by Crippen LogP contribution is 2.30. The van der Waals surface area contributed by atoms with Crippen LogP contribution in [-0.2, 0) is 6.61 Å². The summed E-state index contributed by atoms with van der Waals surface area (Å²) in [6.07, 6.45) is 0. The van der Waals surface area contributed by atoms with E-state index in [1.807, 2.05) is 12.1 Å². The van der Waals surface area contributed by atoms with Crippen LogP contribution in [-0.4, -0.2) is 11.1 Å². The monoisotopic (exact) mass is 318 g/mol. The number of carboxylic acid groups (broad SMARTS) is 1. The molecule has 2 aromatic carbocycles. The molecule has 0 unspecified atom stereocenters. The van der Waals surface area contributed by atoms with Crippen molar-refractivity contribution in [3.63, 3.8) is 0 Å². The van der Waals surface area contributed by atoms with Gasteiger partial charge in [0.2, 0.25) is 0 Å². The third-order valence-electron chi connectivity index (χ3n) is 3.02. The van der Waals surface area contributed by atoms with Gasteiger partial charge in [-0.2, -0.15) is 0 Å². The molecule has 5 heteroatoms. The highest BCUT2D eigenvalue weighted by molar-refractivity contribution is 7.19. The number of carboxylic acids is 1. The van der Waals surface area contributed by atoms with Gasteiger partial charge in [-0.15, -0.1) is 11.3 Å². The number of hydrogen-bond acceptors (Lipinski definition) is 3. The van der Waals surface area contributed by atoms with Gasteiger partial charge >= 0.3 is 5.97 Å². The van der Waals surface area contributed by atoms with E-state index in [9.17, 15) is 9.90 Å². The van der Waals surface area contributed by atoms with Crippen LogP contribution in [0.25, 0.3) is 10.1 Å². The topological polar surface area (TPSA) is 46.5 Å². The van der Waals surface area contributed by atoms with Gasteiger partial charge in [0.15, 0.2) is 0 Å². The molecule has 0 saturated heterocycles. The molecule has 1 N–H and O–H groups in total. The molecule has 106 valence electrons. The largest absolute Gasteiger partial charge is 0.488 e. The fourth-order valence-electron chi connectivity index (χ4n) is 2.04. The summed E-state index contributed by atoms with van der Waals surface area (Å²) in [4.78, 5) is 12.2. The second kappa shape index (κ2) is 5.76. The number of ether oxygens (including phenoxy) is 1. The zero-order valence-corrected chi connectivity index (χ0v) is 12.4. The van der Waals surface area contributed by atoms with Gasteiger partial charge in [-0.3, -0.25) is 0 Å². The highest BCUT2D eigenvalue weighted by atomic mass is 35.5. The number of hydrogen-bond donors (Lipinski definition) is 1. The predicted octanol–water partition coefficient (Wildman–Crippen LogP) is 4.83. The Bertz CT molecular complexity index is 793. The molecule has 21 heavy (non-hydrogen) atoms. The molecule has 0 radical (unpaired) electrons. The van der Waals surface area contributed by atoms with Gasteiger partial charge in [0, 0.05) is 14.6 Å². The van der Waals surface area contributed by atoms with E-state index in [0.29, 0.717) is 17.2 Å². The van der Waals surface area contributed by atoms with Gasteiger partial charge in [-0.25, -0.2) is 4.79 Å². The summed E-state index contributed by atoms with van der Waals surface area (Å²) in [5.74, 6) is -0.178. The lowest BCUT2D eigenvalue weighted by Crippen LogP contribution is -1.94. The molecule has 3 aromatic rings. The Morgan fingerprint density at radius 1 is 1.19 bits per heavy atom. The van der Waals surface area contributed by atoms with Gasteiger partial charge in [0.1, 0.15) is 12.4 Å². The second-order valence-corrected chi connectivity index (χ2v) is 6.06. The molecule has 3 nitrogen and oxygen atoms in total. The van der Waals surface area contributed by atoms with E-state index in [2.05, 4.69) is 0 Å². The van der Waals surface area contributed by atoms with Crippen LogP contribution in [0.15, 0.2) is 48.5 Å². The number of benzene rings is 2. The molecule has 0 spiro atoms. The number of thiophene rings is 1. The summed E-state index contributed by atoms with van der Waals surface area (Å²) in [7, 11) is 0. The van der Waals surface area contributed by atoms with Crippen LogP contribution in [0.5, 0.6) is 5.75 Å². The molecule has 0 fully saturated rings. The Kier molecular flexibility index (Phi) is 3.82. The average molecular weight is 319 g/mol. The summed E-state index contributed by atoms with van der Waals surface area (Å²) in [5.41, 5.74) is 0.329.